The van der Waals surface area contributed by atoms with Gasteiger partial charge in [-0.25, -0.2) is 0 Å². The molecule has 0 fully saturated rings. The van der Waals surface area contributed by atoms with Crippen LogP contribution in [0, 0.1) is 0 Å². The topological polar surface area (TPSA) is 43.8 Å². The molecule has 0 saturated carbocycles. The lowest BCUT2D eigenvalue weighted by Gasteiger charge is -2.28. The minimum absolute atomic E-state index is 0.251. The molecule has 0 amide bonds. The standard InChI is InChI=1S/C15H22N2O2/c1-12-10-16(2)14-7-4-3-6-13(14)11-17(12)9-5-8-15(18)19/h3-4,6-7,12H,5,8-11H2,1-2H3,(H,18,19)/t12-/m1/s1. The predicted molar refractivity (Wildman–Crippen MR) is 76.5 cm³/mol. The van der Waals surface area contributed by atoms with E-state index in [4.69, 9.17) is 5.11 Å². The Kier molecular flexibility index (Phi) is 4.43. The van der Waals surface area contributed by atoms with Gasteiger partial charge in [0.05, 0.1) is 0 Å². The quantitative estimate of drug-likeness (QED) is 0.903. The number of fused-ring (bicyclic) bond motifs is 1. The average Bonchev–Trinajstić information content (AvgIpc) is 2.48. The molecule has 0 saturated heterocycles. The van der Waals surface area contributed by atoms with Crippen molar-refractivity contribution in [2.75, 3.05) is 25.0 Å². The lowest BCUT2D eigenvalue weighted by Crippen LogP contribution is -2.38. The van der Waals surface area contributed by atoms with Crippen molar-refractivity contribution in [1.29, 1.82) is 0 Å². The van der Waals surface area contributed by atoms with E-state index in [0.717, 1.165) is 19.6 Å². The summed E-state index contributed by atoms with van der Waals surface area (Å²) in [5.41, 5.74) is 2.61. The number of carbonyl (C=O) groups is 1. The maximum Gasteiger partial charge on any atom is 0.303 e. The van der Waals surface area contributed by atoms with Gasteiger partial charge in [-0.05, 0) is 31.5 Å². The van der Waals surface area contributed by atoms with Gasteiger partial charge in [0.2, 0.25) is 0 Å². The number of nitrogens with zero attached hydrogens (tertiary/aromatic N) is 2. The number of anilines is 1. The Labute approximate surface area is 114 Å². The fourth-order valence-electron chi connectivity index (χ4n) is 2.73. The normalized spacial score (nSPS) is 19.9. The second-order valence-electron chi connectivity index (χ2n) is 5.33. The summed E-state index contributed by atoms with van der Waals surface area (Å²) >= 11 is 0. The first-order valence-corrected chi connectivity index (χ1v) is 6.83. The molecule has 19 heavy (non-hydrogen) atoms. The van der Waals surface area contributed by atoms with E-state index in [9.17, 15) is 4.79 Å². The van der Waals surface area contributed by atoms with Crippen LogP contribution in [0.4, 0.5) is 5.69 Å². The number of benzene rings is 1. The fourth-order valence-corrected chi connectivity index (χ4v) is 2.73. The molecule has 0 bridgehead atoms. The van der Waals surface area contributed by atoms with Crippen LogP contribution in [-0.4, -0.2) is 42.2 Å². The van der Waals surface area contributed by atoms with Crippen LogP contribution in [0.15, 0.2) is 24.3 Å². The van der Waals surface area contributed by atoms with E-state index in [-0.39, 0.29) is 6.42 Å². The smallest absolute Gasteiger partial charge is 0.303 e. The van der Waals surface area contributed by atoms with Crippen LogP contribution in [0.2, 0.25) is 0 Å². The molecule has 4 heteroatoms. The minimum atomic E-state index is -0.708. The highest BCUT2D eigenvalue weighted by atomic mass is 16.4. The van der Waals surface area contributed by atoms with Crippen molar-refractivity contribution in [2.45, 2.75) is 32.4 Å². The zero-order valence-corrected chi connectivity index (χ0v) is 11.7. The first-order chi connectivity index (χ1) is 9.08. The summed E-state index contributed by atoms with van der Waals surface area (Å²) in [5, 5.41) is 8.74. The minimum Gasteiger partial charge on any atom is -0.481 e. The summed E-state index contributed by atoms with van der Waals surface area (Å²) in [6.07, 6.45) is 0.965. The molecule has 2 rings (SSSR count). The van der Waals surface area contributed by atoms with Gasteiger partial charge in [-0.1, -0.05) is 18.2 Å². The molecule has 1 atom stereocenters. The Balaban J connectivity index is 2.07. The molecule has 104 valence electrons. The summed E-state index contributed by atoms with van der Waals surface area (Å²) in [5.74, 6) is -0.708. The number of carboxylic acid groups (broad SMARTS) is 1. The lowest BCUT2D eigenvalue weighted by atomic mass is 10.1. The molecular weight excluding hydrogens is 240 g/mol. The van der Waals surface area contributed by atoms with Gasteiger partial charge in [0.1, 0.15) is 0 Å². The Morgan fingerprint density at radius 1 is 1.42 bits per heavy atom. The highest BCUT2D eigenvalue weighted by Gasteiger charge is 2.22. The summed E-state index contributed by atoms with van der Waals surface area (Å²) in [7, 11) is 2.12. The first kappa shape index (κ1) is 13.9. The Morgan fingerprint density at radius 3 is 2.89 bits per heavy atom. The molecule has 1 aromatic carbocycles. The number of likely N-dealkylation sites (N-methyl/N-ethyl adjacent to an activating group) is 1. The van der Waals surface area contributed by atoms with Gasteiger partial charge in [-0.15, -0.1) is 0 Å². The molecule has 4 nitrogen and oxygen atoms in total. The average molecular weight is 262 g/mol. The van der Waals surface area contributed by atoms with E-state index in [1.54, 1.807) is 0 Å². The summed E-state index contributed by atoms with van der Waals surface area (Å²) in [6.45, 7) is 4.93. The van der Waals surface area contributed by atoms with E-state index >= 15 is 0 Å². The SMILES string of the molecule is C[C@@H]1CN(C)c2ccccc2CN1CCCC(=O)O. The number of carboxylic acids is 1. The fraction of sp³-hybridized carbons (Fsp3) is 0.533. The summed E-state index contributed by atoms with van der Waals surface area (Å²) in [6, 6.07) is 8.89. The number of hydrogen-bond donors (Lipinski definition) is 1. The number of rotatable bonds is 4. The van der Waals surface area contributed by atoms with E-state index < -0.39 is 5.97 Å². The summed E-state index contributed by atoms with van der Waals surface area (Å²) in [4.78, 5) is 15.3. The zero-order valence-electron chi connectivity index (χ0n) is 11.7. The second kappa shape index (κ2) is 6.06. The highest BCUT2D eigenvalue weighted by Crippen LogP contribution is 2.25. The molecule has 1 aromatic rings. The van der Waals surface area contributed by atoms with Gasteiger partial charge in [0.25, 0.3) is 0 Å². The molecule has 0 radical (unpaired) electrons. The lowest BCUT2D eigenvalue weighted by molar-refractivity contribution is -0.137. The molecular formula is C15H22N2O2. The van der Waals surface area contributed by atoms with Crippen LogP contribution >= 0.6 is 0 Å². The molecule has 1 aliphatic rings. The van der Waals surface area contributed by atoms with Crippen molar-refractivity contribution >= 4 is 11.7 Å². The van der Waals surface area contributed by atoms with Gasteiger partial charge in [0, 0.05) is 38.3 Å². The van der Waals surface area contributed by atoms with E-state index in [2.05, 4.69) is 48.0 Å². The number of hydrogen-bond acceptors (Lipinski definition) is 3. The molecule has 0 spiro atoms. The van der Waals surface area contributed by atoms with Crippen LogP contribution in [-0.2, 0) is 11.3 Å². The Bertz CT molecular complexity index is 448. The van der Waals surface area contributed by atoms with Crippen molar-refractivity contribution in [1.82, 2.24) is 4.90 Å². The van der Waals surface area contributed by atoms with Crippen molar-refractivity contribution < 1.29 is 9.90 Å². The monoisotopic (exact) mass is 262 g/mol. The van der Waals surface area contributed by atoms with E-state index in [0.29, 0.717) is 12.5 Å². The molecule has 1 heterocycles. The molecule has 0 unspecified atom stereocenters. The highest BCUT2D eigenvalue weighted by molar-refractivity contribution is 5.66. The molecule has 0 aliphatic carbocycles. The van der Waals surface area contributed by atoms with Crippen LogP contribution in [0.25, 0.3) is 0 Å². The third-order valence-corrected chi connectivity index (χ3v) is 3.77. The van der Waals surface area contributed by atoms with Crippen molar-refractivity contribution in [2.24, 2.45) is 0 Å². The van der Waals surface area contributed by atoms with Gasteiger partial charge in [-0.3, -0.25) is 9.69 Å². The third kappa shape index (κ3) is 3.47. The van der Waals surface area contributed by atoms with Crippen LogP contribution in [0.5, 0.6) is 0 Å². The number of para-hydroxylation sites is 1. The predicted octanol–water partition coefficient (Wildman–Crippen LogP) is 2.19. The Hall–Kier alpha value is -1.55. The molecule has 0 aromatic heterocycles. The second-order valence-corrected chi connectivity index (χ2v) is 5.33. The summed E-state index contributed by atoms with van der Waals surface area (Å²) < 4.78 is 0. The van der Waals surface area contributed by atoms with Crippen molar-refractivity contribution in [3.63, 3.8) is 0 Å². The third-order valence-electron chi connectivity index (χ3n) is 3.77. The van der Waals surface area contributed by atoms with Crippen molar-refractivity contribution in [3.05, 3.63) is 29.8 Å². The maximum atomic E-state index is 10.6. The van der Waals surface area contributed by atoms with Gasteiger partial charge in [0.15, 0.2) is 0 Å². The number of aliphatic carboxylic acids is 1. The first-order valence-electron chi connectivity index (χ1n) is 6.83. The molecule has 1 aliphatic heterocycles. The Morgan fingerprint density at radius 2 is 2.16 bits per heavy atom. The van der Waals surface area contributed by atoms with E-state index in [1.165, 1.54) is 11.3 Å². The largest absolute Gasteiger partial charge is 0.481 e. The van der Waals surface area contributed by atoms with Gasteiger partial charge in [-0.2, -0.15) is 0 Å². The van der Waals surface area contributed by atoms with Crippen LogP contribution in [0.1, 0.15) is 25.3 Å². The molecule has 1 N–H and O–H groups in total. The van der Waals surface area contributed by atoms with Gasteiger partial charge >= 0.3 is 5.97 Å². The van der Waals surface area contributed by atoms with Crippen molar-refractivity contribution in [3.8, 4) is 0 Å². The van der Waals surface area contributed by atoms with Crippen LogP contribution < -0.4 is 4.90 Å². The van der Waals surface area contributed by atoms with E-state index in [1.807, 2.05) is 0 Å². The van der Waals surface area contributed by atoms with Gasteiger partial charge < -0.3 is 10.0 Å². The maximum absolute atomic E-state index is 10.6. The zero-order chi connectivity index (χ0) is 13.8. The van der Waals surface area contributed by atoms with Crippen LogP contribution in [0.3, 0.4) is 0 Å².